The molecule has 0 bridgehead atoms. The summed E-state index contributed by atoms with van der Waals surface area (Å²) in [4.78, 5) is 34.7. The number of hydrogen-bond donors (Lipinski definition) is 0. The van der Waals surface area contributed by atoms with Gasteiger partial charge in [-0.15, -0.1) is 11.3 Å². The molecule has 1 aliphatic carbocycles. The lowest BCUT2D eigenvalue weighted by atomic mass is 9.94. The number of halogens is 4. The van der Waals surface area contributed by atoms with E-state index in [1.165, 1.54) is 23.5 Å². The van der Waals surface area contributed by atoms with Crippen molar-refractivity contribution in [3.8, 4) is 10.8 Å². The number of ether oxygens (including phenoxy) is 1. The summed E-state index contributed by atoms with van der Waals surface area (Å²) in [7, 11) is 0. The van der Waals surface area contributed by atoms with Crippen LogP contribution < -0.4 is 5.63 Å². The van der Waals surface area contributed by atoms with Crippen LogP contribution in [0.5, 0.6) is 0 Å². The van der Waals surface area contributed by atoms with Crippen LogP contribution >= 0.6 is 57.7 Å². The standard InChI is InChI=1S/C20H8Cl4N2O4S/c21-7-3-9-15(11(23)5-7)25-17(29-19(9)27)13-1-2-14(31-13)18-26-16-10(20(28)30-18)4-8(22)6-12(16)24/h1-6,9,15H. The molecule has 2 aliphatic rings. The van der Waals surface area contributed by atoms with Gasteiger partial charge in [-0.3, -0.25) is 4.79 Å². The summed E-state index contributed by atoms with van der Waals surface area (Å²) in [6, 6.07) is 5.70. The molecule has 5 rings (SSSR count). The van der Waals surface area contributed by atoms with E-state index in [2.05, 4.69) is 9.98 Å². The van der Waals surface area contributed by atoms with Crippen LogP contribution in [0.25, 0.3) is 21.7 Å². The number of esters is 1. The van der Waals surface area contributed by atoms with Gasteiger partial charge in [-0.2, -0.15) is 0 Å². The van der Waals surface area contributed by atoms with Gasteiger partial charge in [0.15, 0.2) is 0 Å². The van der Waals surface area contributed by atoms with E-state index < -0.39 is 23.6 Å². The third-order valence-corrected chi connectivity index (χ3v) is 6.78. The molecule has 0 amide bonds. The average Bonchev–Trinajstić information content (AvgIpc) is 3.19. The first-order valence-electron chi connectivity index (χ1n) is 8.74. The second-order valence-corrected chi connectivity index (χ2v) is 9.46. The summed E-state index contributed by atoms with van der Waals surface area (Å²) < 4.78 is 10.7. The van der Waals surface area contributed by atoms with Crippen LogP contribution in [0.2, 0.25) is 10.0 Å². The SMILES string of the molecule is O=C1OC(c2ccc(-c3nc4c(Cl)cc(Cl)cc4c(=O)o3)s2)=NC2C(Cl)=CC(Cl)=CC12. The third-order valence-electron chi connectivity index (χ3n) is 4.64. The number of nitrogens with zero attached hydrogens (tertiary/aromatic N) is 2. The lowest BCUT2D eigenvalue weighted by Crippen LogP contribution is -2.36. The van der Waals surface area contributed by atoms with E-state index >= 15 is 0 Å². The Balaban J connectivity index is 1.54. The minimum absolute atomic E-state index is 0.0731. The predicted octanol–water partition coefficient (Wildman–Crippen LogP) is 5.77. The number of aromatic nitrogens is 1. The molecule has 3 aromatic rings. The zero-order valence-electron chi connectivity index (χ0n) is 15.1. The quantitative estimate of drug-likeness (QED) is 0.406. The van der Waals surface area contributed by atoms with Gasteiger partial charge in [0.1, 0.15) is 17.5 Å². The van der Waals surface area contributed by atoms with E-state index in [9.17, 15) is 9.59 Å². The number of carbonyl (C=O) groups is 1. The molecule has 3 heterocycles. The van der Waals surface area contributed by atoms with Gasteiger partial charge in [0.25, 0.3) is 0 Å². The Bertz CT molecular complexity index is 1420. The topological polar surface area (TPSA) is 81.8 Å². The summed E-state index contributed by atoms with van der Waals surface area (Å²) in [6.07, 6.45) is 3.11. The second kappa shape index (κ2) is 7.76. The monoisotopic (exact) mass is 512 g/mol. The van der Waals surface area contributed by atoms with Crippen molar-refractivity contribution in [2.45, 2.75) is 6.04 Å². The molecule has 1 aromatic carbocycles. The molecule has 2 aromatic heterocycles. The molecule has 156 valence electrons. The second-order valence-electron chi connectivity index (χ2n) is 6.66. The van der Waals surface area contributed by atoms with Crippen molar-refractivity contribution in [1.82, 2.24) is 4.98 Å². The van der Waals surface area contributed by atoms with Crippen LogP contribution in [0.15, 0.2) is 60.7 Å². The van der Waals surface area contributed by atoms with Crippen LogP contribution in [0.4, 0.5) is 0 Å². The summed E-state index contributed by atoms with van der Waals surface area (Å²) in [5, 5.41) is 1.42. The highest BCUT2D eigenvalue weighted by Crippen LogP contribution is 2.36. The molecule has 0 saturated heterocycles. The van der Waals surface area contributed by atoms with Crippen LogP contribution in [0, 0.1) is 5.92 Å². The fourth-order valence-electron chi connectivity index (χ4n) is 3.24. The van der Waals surface area contributed by atoms with Gasteiger partial charge in [-0.1, -0.05) is 46.4 Å². The Labute approximate surface area is 198 Å². The van der Waals surface area contributed by atoms with Crippen molar-refractivity contribution in [2.75, 3.05) is 0 Å². The minimum Gasteiger partial charge on any atom is -0.406 e. The molecule has 1 aliphatic heterocycles. The predicted molar refractivity (Wildman–Crippen MR) is 121 cm³/mol. The number of carbonyl (C=O) groups excluding carboxylic acids is 1. The Morgan fingerprint density at radius 3 is 2.61 bits per heavy atom. The summed E-state index contributed by atoms with van der Waals surface area (Å²) in [5.74, 6) is -0.993. The molecule has 11 heteroatoms. The highest BCUT2D eigenvalue weighted by atomic mass is 35.5. The van der Waals surface area contributed by atoms with E-state index in [-0.39, 0.29) is 27.7 Å². The molecule has 0 radical (unpaired) electrons. The van der Waals surface area contributed by atoms with E-state index in [1.54, 1.807) is 24.3 Å². The van der Waals surface area contributed by atoms with Crippen LogP contribution in [0.1, 0.15) is 4.88 Å². The first kappa shape index (κ1) is 20.7. The first-order valence-corrected chi connectivity index (χ1v) is 11.1. The molecular formula is C20H8Cl4N2O4S. The number of benzene rings is 1. The van der Waals surface area contributed by atoms with Crippen molar-refractivity contribution in [3.63, 3.8) is 0 Å². The van der Waals surface area contributed by atoms with Gasteiger partial charge in [0.2, 0.25) is 11.8 Å². The summed E-state index contributed by atoms with van der Waals surface area (Å²) in [5.41, 5.74) is -0.342. The number of fused-ring (bicyclic) bond motifs is 2. The van der Waals surface area contributed by atoms with Gasteiger partial charge < -0.3 is 9.15 Å². The number of allylic oxidation sites excluding steroid dienone is 2. The highest BCUT2D eigenvalue weighted by Gasteiger charge is 2.38. The van der Waals surface area contributed by atoms with Crippen molar-refractivity contribution in [1.29, 1.82) is 0 Å². The molecule has 2 atom stereocenters. The number of rotatable bonds is 2. The maximum atomic E-state index is 12.5. The normalized spacial score (nSPS) is 20.6. The van der Waals surface area contributed by atoms with Crippen molar-refractivity contribution < 1.29 is 13.9 Å². The maximum Gasteiger partial charge on any atom is 0.347 e. The van der Waals surface area contributed by atoms with E-state index in [0.717, 1.165) is 0 Å². The minimum atomic E-state index is -0.678. The highest BCUT2D eigenvalue weighted by molar-refractivity contribution is 7.17. The van der Waals surface area contributed by atoms with Gasteiger partial charge >= 0.3 is 11.6 Å². The summed E-state index contributed by atoms with van der Waals surface area (Å²) in [6.45, 7) is 0. The Hall–Kier alpha value is -2.16. The van der Waals surface area contributed by atoms with Gasteiger partial charge in [0, 0.05) is 15.1 Å². The smallest absolute Gasteiger partial charge is 0.347 e. The van der Waals surface area contributed by atoms with Crippen LogP contribution in [0.3, 0.4) is 0 Å². The zero-order valence-corrected chi connectivity index (χ0v) is 18.9. The number of thiophene rings is 1. The van der Waals surface area contributed by atoms with Crippen LogP contribution in [-0.2, 0) is 9.53 Å². The zero-order chi connectivity index (χ0) is 21.9. The largest absolute Gasteiger partial charge is 0.406 e. The van der Waals surface area contributed by atoms with E-state index in [1.807, 2.05) is 0 Å². The number of aliphatic imine (C=N–C) groups is 1. The molecular weight excluding hydrogens is 506 g/mol. The number of cyclic esters (lactones) is 1. The third kappa shape index (κ3) is 3.70. The molecule has 6 nitrogen and oxygen atoms in total. The van der Waals surface area contributed by atoms with Crippen molar-refractivity contribution in [3.05, 3.63) is 71.8 Å². The Morgan fingerprint density at radius 1 is 1.03 bits per heavy atom. The molecule has 2 unspecified atom stereocenters. The molecule has 0 saturated carbocycles. The van der Waals surface area contributed by atoms with E-state index in [4.69, 9.17) is 55.6 Å². The molecule has 0 fully saturated rings. The maximum absolute atomic E-state index is 12.5. The van der Waals surface area contributed by atoms with Gasteiger partial charge in [-0.05, 0) is 36.4 Å². The average molecular weight is 514 g/mol. The Kier molecular flexibility index (Phi) is 5.19. The molecule has 0 spiro atoms. The molecule has 31 heavy (non-hydrogen) atoms. The lowest BCUT2D eigenvalue weighted by Gasteiger charge is -2.27. The fourth-order valence-corrected chi connectivity index (χ4v) is 5.26. The summed E-state index contributed by atoms with van der Waals surface area (Å²) >= 11 is 25.6. The first-order chi connectivity index (χ1) is 14.8. The fraction of sp³-hybridized carbons (Fsp3) is 0.100. The Morgan fingerprint density at radius 2 is 1.81 bits per heavy atom. The van der Waals surface area contributed by atoms with Gasteiger partial charge in [0.05, 0.1) is 20.2 Å². The van der Waals surface area contributed by atoms with Gasteiger partial charge in [-0.25, -0.2) is 14.8 Å². The van der Waals surface area contributed by atoms with Crippen LogP contribution in [-0.4, -0.2) is 22.9 Å². The lowest BCUT2D eigenvalue weighted by molar-refractivity contribution is -0.139. The van der Waals surface area contributed by atoms with Crippen molar-refractivity contribution >= 4 is 80.5 Å². The molecule has 0 N–H and O–H groups in total. The van der Waals surface area contributed by atoms with E-state index in [0.29, 0.717) is 24.8 Å². The number of hydrogen-bond acceptors (Lipinski definition) is 7. The van der Waals surface area contributed by atoms with Crippen molar-refractivity contribution in [2.24, 2.45) is 10.9 Å².